The van der Waals surface area contributed by atoms with E-state index in [9.17, 15) is 23.2 Å². The molecule has 1 aliphatic heterocycles. The molecule has 0 unspecified atom stereocenters. The number of allylic oxidation sites excluding steroid dienone is 2. The van der Waals surface area contributed by atoms with Crippen LogP contribution in [0.4, 0.5) is 13.2 Å². The van der Waals surface area contributed by atoms with Gasteiger partial charge in [0.25, 0.3) is 0 Å². The number of nitriles is 1. The van der Waals surface area contributed by atoms with Crippen molar-refractivity contribution in [2.24, 2.45) is 0 Å². The molecule has 1 aliphatic rings. The third-order valence-corrected chi connectivity index (χ3v) is 4.22. The van der Waals surface area contributed by atoms with Gasteiger partial charge in [0, 0.05) is 0 Å². The van der Waals surface area contributed by atoms with Crippen molar-refractivity contribution in [1.82, 2.24) is 4.90 Å². The minimum atomic E-state index is -4.67. The molecule has 6 heteroatoms. The number of carbonyl (C=O) groups is 1. The molecule has 0 radical (unpaired) electrons. The minimum Gasteiger partial charge on any atom is -0.306 e. The maximum Gasteiger partial charge on any atom is 0.417 e. The van der Waals surface area contributed by atoms with Crippen LogP contribution in [0.5, 0.6) is 0 Å². The molecule has 27 heavy (non-hydrogen) atoms. The predicted molar refractivity (Wildman–Crippen MR) is 95.0 cm³/mol. The second-order valence-corrected chi connectivity index (χ2v) is 6.04. The van der Waals surface area contributed by atoms with Gasteiger partial charge in [0.05, 0.1) is 35.9 Å². The Morgan fingerprint density at radius 1 is 1.04 bits per heavy atom. The molecule has 0 aromatic heterocycles. The Labute approximate surface area is 154 Å². The quantitative estimate of drug-likeness (QED) is 0.801. The smallest absolute Gasteiger partial charge is 0.306 e. The van der Waals surface area contributed by atoms with Crippen LogP contribution in [0.15, 0.2) is 77.9 Å². The van der Waals surface area contributed by atoms with E-state index >= 15 is 0 Å². The van der Waals surface area contributed by atoms with Gasteiger partial charge in [-0.3, -0.25) is 4.79 Å². The van der Waals surface area contributed by atoms with Crippen LogP contribution < -0.4 is 0 Å². The van der Waals surface area contributed by atoms with Crippen molar-refractivity contribution in [2.45, 2.75) is 12.6 Å². The zero-order chi connectivity index (χ0) is 19.4. The van der Waals surface area contributed by atoms with Gasteiger partial charge in [-0.25, -0.2) is 0 Å². The highest BCUT2D eigenvalue weighted by atomic mass is 19.4. The Morgan fingerprint density at radius 3 is 2.19 bits per heavy atom. The summed E-state index contributed by atoms with van der Waals surface area (Å²) >= 11 is 0. The average molecular weight is 368 g/mol. The van der Waals surface area contributed by atoms with Gasteiger partial charge in [0.1, 0.15) is 0 Å². The van der Waals surface area contributed by atoms with Crippen molar-refractivity contribution in [1.29, 1.82) is 5.26 Å². The molecule has 1 amide bonds. The summed E-state index contributed by atoms with van der Waals surface area (Å²) in [7, 11) is 0. The van der Waals surface area contributed by atoms with Crippen molar-refractivity contribution < 1.29 is 18.0 Å². The summed E-state index contributed by atoms with van der Waals surface area (Å²) in [5, 5.41) is 9.20. The zero-order valence-electron chi connectivity index (χ0n) is 14.2. The normalized spacial score (nSPS) is 14.6. The van der Waals surface area contributed by atoms with Crippen LogP contribution in [0.1, 0.15) is 11.1 Å². The van der Waals surface area contributed by atoms with Crippen LogP contribution >= 0.6 is 0 Å². The number of alkyl halides is 3. The number of hydrogen-bond acceptors (Lipinski definition) is 2. The number of nitrogens with zero attached hydrogens (tertiary/aromatic N) is 2. The molecule has 0 saturated heterocycles. The summed E-state index contributed by atoms with van der Waals surface area (Å²) in [5.74, 6) is -0.370. The number of halogens is 3. The van der Waals surface area contributed by atoms with Crippen LogP contribution in [0.2, 0.25) is 0 Å². The molecule has 3 rings (SSSR count). The highest BCUT2D eigenvalue weighted by Gasteiger charge is 2.39. The molecule has 0 atom stereocenters. The SMILES string of the molecule is N#CC1=C(C(F)(F)F)C=C(c2ccccc2)N(C(=O)Cc2ccccc2)C1. The first-order valence-electron chi connectivity index (χ1n) is 8.22. The molecule has 1 heterocycles. The van der Waals surface area contributed by atoms with E-state index in [1.807, 2.05) is 6.07 Å². The molecule has 3 nitrogen and oxygen atoms in total. The number of hydrogen-bond donors (Lipinski definition) is 0. The highest BCUT2D eigenvalue weighted by Crippen LogP contribution is 2.37. The van der Waals surface area contributed by atoms with Gasteiger partial charge in [-0.1, -0.05) is 60.7 Å². The lowest BCUT2D eigenvalue weighted by Crippen LogP contribution is -2.36. The average Bonchev–Trinajstić information content (AvgIpc) is 2.67. The number of carbonyl (C=O) groups excluding carboxylic acids is 1. The Morgan fingerprint density at radius 2 is 1.63 bits per heavy atom. The Hall–Kier alpha value is -3.33. The summed E-state index contributed by atoms with van der Waals surface area (Å²) in [6.45, 7) is -0.405. The minimum absolute atomic E-state index is 0.0328. The lowest BCUT2D eigenvalue weighted by atomic mass is 9.97. The fourth-order valence-corrected chi connectivity index (χ4v) is 2.92. The first kappa shape index (κ1) is 18.5. The van der Waals surface area contributed by atoms with Crippen molar-refractivity contribution in [2.75, 3.05) is 6.54 Å². The molecule has 0 aliphatic carbocycles. The number of amides is 1. The molecule has 0 spiro atoms. The lowest BCUT2D eigenvalue weighted by molar-refractivity contribution is -0.127. The summed E-state index contributed by atoms with van der Waals surface area (Å²) in [4.78, 5) is 14.1. The Bertz CT molecular complexity index is 939. The third-order valence-electron chi connectivity index (χ3n) is 4.22. The van der Waals surface area contributed by atoms with Crippen LogP contribution in [-0.4, -0.2) is 23.5 Å². The molecular formula is C21H15F3N2O. The van der Waals surface area contributed by atoms with Crippen molar-refractivity contribution in [3.63, 3.8) is 0 Å². The van der Waals surface area contributed by atoms with Crippen molar-refractivity contribution >= 4 is 11.6 Å². The summed E-state index contributed by atoms with van der Waals surface area (Å²) in [6.07, 6.45) is -3.75. The van der Waals surface area contributed by atoms with Gasteiger partial charge in [-0.15, -0.1) is 0 Å². The summed E-state index contributed by atoms with van der Waals surface area (Å²) < 4.78 is 40.2. The van der Waals surface area contributed by atoms with E-state index in [-0.39, 0.29) is 18.0 Å². The van der Waals surface area contributed by atoms with Gasteiger partial charge in [0.2, 0.25) is 5.91 Å². The maximum absolute atomic E-state index is 13.4. The first-order chi connectivity index (χ1) is 12.9. The summed E-state index contributed by atoms with van der Waals surface area (Å²) in [6, 6.07) is 18.9. The zero-order valence-corrected chi connectivity index (χ0v) is 14.2. The molecule has 2 aromatic carbocycles. The molecular weight excluding hydrogens is 353 g/mol. The third kappa shape index (κ3) is 4.09. The van der Waals surface area contributed by atoms with E-state index in [4.69, 9.17) is 0 Å². The monoisotopic (exact) mass is 368 g/mol. The van der Waals surface area contributed by atoms with Gasteiger partial charge in [-0.2, -0.15) is 18.4 Å². The second kappa shape index (κ2) is 7.50. The molecule has 0 saturated carbocycles. The van der Waals surface area contributed by atoms with Crippen LogP contribution in [0.25, 0.3) is 5.70 Å². The number of benzene rings is 2. The molecule has 0 fully saturated rings. The van der Waals surface area contributed by atoms with E-state index in [1.165, 1.54) is 4.90 Å². The summed E-state index contributed by atoms with van der Waals surface area (Å²) in [5.41, 5.74) is -0.101. The second-order valence-electron chi connectivity index (χ2n) is 6.04. The largest absolute Gasteiger partial charge is 0.417 e. The predicted octanol–water partition coefficient (Wildman–Crippen LogP) is 4.49. The van der Waals surface area contributed by atoms with Crippen molar-refractivity contribution in [3.8, 4) is 6.07 Å². The highest BCUT2D eigenvalue weighted by molar-refractivity contribution is 5.90. The molecule has 136 valence electrons. The van der Waals surface area contributed by atoms with Crippen LogP contribution in [0, 0.1) is 11.3 Å². The van der Waals surface area contributed by atoms with Gasteiger partial charge >= 0.3 is 6.18 Å². The fourth-order valence-electron chi connectivity index (χ4n) is 2.92. The van der Waals surface area contributed by atoms with E-state index in [2.05, 4.69) is 0 Å². The fraction of sp³-hybridized carbons (Fsp3) is 0.143. The van der Waals surface area contributed by atoms with Crippen LogP contribution in [0.3, 0.4) is 0 Å². The van der Waals surface area contributed by atoms with Crippen molar-refractivity contribution in [3.05, 3.63) is 89.0 Å². The Kier molecular flexibility index (Phi) is 5.13. The first-order valence-corrected chi connectivity index (χ1v) is 8.22. The van der Waals surface area contributed by atoms with E-state index in [0.717, 1.165) is 11.6 Å². The van der Waals surface area contributed by atoms with E-state index < -0.39 is 23.9 Å². The Balaban J connectivity index is 2.03. The lowest BCUT2D eigenvalue weighted by Gasteiger charge is -2.30. The molecule has 0 N–H and O–H groups in total. The van der Waals surface area contributed by atoms with Gasteiger partial charge in [0.15, 0.2) is 0 Å². The van der Waals surface area contributed by atoms with Crippen LogP contribution in [-0.2, 0) is 11.2 Å². The van der Waals surface area contributed by atoms with Gasteiger partial charge < -0.3 is 4.90 Å². The maximum atomic E-state index is 13.4. The van der Waals surface area contributed by atoms with Gasteiger partial charge in [-0.05, 0) is 17.2 Å². The molecule has 0 bridgehead atoms. The van der Waals surface area contributed by atoms with E-state index in [0.29, 0.717) is 5.56 Å². The topological polar surface area (TPSA) is 44.1 Å². The number of rotatable bonds is 3. The standard InChI is InChI=1S/C21H15F3N2O/c22-21(23,24)18-12-19(16-9-5-2-6-10-16)26(14-17(18)13-25)20(27)11-15-7-3-1-4-8-15/h1-10,12H,11,14H2. The molecule has 2 aromatic rings. The van der Waals surface area contributed by atoms with E-state index in [1.54, 1.807) is 60.7 Å².